The lowest BCUT2D eigenvalue weighted by atomic mass is 10.1. The van der Waals surface area contributed by atoms with Gasteiger partial charge in [-0.05, 0) is 23.8 Å². The number of alkyl halides is 6. The van der Waals surface area contributed by atoms with E-state index in [-0.39, 0.29) is 28.0 Å². The Bertz CT molecular complexity index is 1270. The maximum absolute atomic E-state index is 13.5. The summed E-state index contributed by atoms with van der Waals surface area (Å²) in [5.74, 6) is -2.03. The Labute approximate surface area is 177 Å². The van der Waals surface area contributed by atoms with E-state index >= 15 is 0 Å². The van der Waals surface area contributed by atoms with Crippen molar-refractivity contribution in [3.63, 3.8) is 0 Å². The van der Waals surface area contributed by atoms with Crippen LogP contribution in [0.1, 0.15) is 17.0 Å². The first-order chi connectivity index (χ1) is 15.2. The van der Waals surface area contributed by atoms with E-state index in [9.17, 15) is 51.4 Å². The number of aromatic nitrogens is 2. The fourth-order valence-corrected chi connectivity index (χ4v) is 2.76. The van der Waals surface area contributed by atoms with Crippen LogP contribution in [0.15, 0.2) is 36.4 Å². The number of non-ortho nitro benzene ring substituents is 2. The second-order valence-electron chi connectivity index (χ2n) is 6.36. The van der Waals surface area contributed by atoms with Crippen LogP contribution in [0.3, 0.4) is 0 Å². The number of fused-ring (bicyclic) bond motifs is 1. The zero-order valence-corrected chi connectivity index (χ0v) is 15.7. The number of benzene rings is 2. The number of hydrogen-bond acceptors (Lipinski definition) is 7. The summed E-state index contributed by atoms with van der Waals surface area (Å²) in [4.78, 5) is 35.1. The summed E-state index contributed by atoms with van der Waals surface area (Å²) in [6.07, 6.45) is -12.4. The smallest absolute Gasteiger partial charge is 0.444 e. The molecular formula is C17H8F6N4O6. The quantitative estimate of drug-likeness (QED) is 0.291. The summed E-state index contributed by atoms with van der Waals surface area (Å²) in [7, 11) is 0. The van der Waals surface area contributed by atoms with Crippen molar-refractivity contribution in [2.75, 3.05) is 0 Å². The molecule has 1 aromatic heterocycles. The Morgan fingerprint density at radius 2 is 1.58 bits per heavy atom. The highest BCUT2D eigenvalue weighted by atomic mass is 19.4. The molecule has 174 valence electrons. The molecule has 0 radical (unpaired) electrons. The fourth-order valence-electron chi connectivity index (χ4n) is 2.76. The minimum atomic E-state index is -5.39. The molecule has 0 bridgehead atoms. The molecule has 0 aliphatic carbocycles. The van der Waals surface area contributed by atoms with Crippen molar-refractivity contribution < 1.29 is 45.7 Å². The second kappa shape index (κ2) is 8.03. The van der Waals surface area contributed by atoms with Gasteiger partial charge in [-0.1, -0.05) is 0 Å². The summed E-state index contributed by atoms with van der Waals surface area (Å²) in [6.45, 7) is -0.713. The highest BCUT2D eigenvalue weighted by Gasteiger charge is 2.43. The number of ether oxygens (including phenoxy) is 1. The number of halogens is 6. The SMILES string of the molecule is O=C(OCc1ccc([N+](=O)[O-])cc1)n1c(C(F)(F)F)nc2c([N+](=O)[O-])cc(C(F)(F)F)cc21. The van der Waals surface area contributed by atoms with E-state index in [0.717, 1.165) is 24.3 Å². The monoisotopic (exact) mass is 478 g/mol. The number of nitrogens with zero attached hydrogens (tertiary/aromatic N) is 4. The fraction of sp³-hybridized carbons (Fsp3) is 0.176. The van der Waals surface area contributed by atoms with Gasteiger partial charge in [-0.3, -0.25) is 20.2 Å². The molecule has 3 rings (SSSR count). The van der Waals surface area contributed by atoms with E-state index in [1.165, 1.54) is 0 Å². The molecule has 16 heteroatoms. The zero-order valence-electron chi connectivity index (χ0n) is 15.7. The van der Waals surface area contributed by atoms with Gasteiger partial charge in [0, 0.05) is 18.2 Å². The number of carbonyl (C=O) groups is 1. The molecule has 0 atom stereocenters. The molecule has 0 fully saturated rings. The zero-order chi connectivity index (χ0) is 24.7. The second-order valence-corrected chi connectivity index (χ2v) is 6.36. The largest absolute Gasteiger partial charge is 0.450 e. The van der Waals surface area contributed by atoms with Crippen molar-refractivity contribution in [1.82, 2.24) is 9.55 Å². The van der Waals surface area contributed by atoms with Gasteiger partial charge in [-0.25, -0.2) is 14.3 Å². The van der Waals surface area contributed by atoms with Gasteiger partial charge in [-0.2, -0.15) is 26.3 Å². The van der Waals surface area contributed by atoms with Crippen LogP contribution < -0.4 is 0 Å². The van der Waals surface area contributed by atoms with Crippen molar-refractivity contribution in [2.24, 2.45) is 0 Å². The standard InChI is InChI=1S/C17H8F6N4O6/c18-16(19,20)9-5-11-13(12(6-9)27(31)32)24-14(17(21,22)23)25(11)15(28)33-7-8-1-3-10(4-2-8)26(29)30/h1-6H,7H2. The van der Waals surface area contributed by atoms with Crippen LogP contribution in [0.4, 0.5) is 42.5 Å². The third-order valence-corrected chi connectivity index (χ3v) is 4.21. The summed E-state index contributed by atoms with van der Waals surface area (Å²) in [5, 5.41) is 21.8. The van der Waals surface area contributed by atoms with Crippen molar-refractivity contribution in [2.45, 2.75) is 19.0 Å². The van der Waals surface area contributed by atoms with E-state index in [0.29, 0.717) is 0 Å². The predicted molar refractivity (Wildman–Crippen MR) is 95.1 cm³/mol. The first-order valence-electron chi connectivity index (χ1n) is 8.46. The van der Waals surface area contributed by atoms with Gasteiger partial charge in [0.1, 0.15) is 6.61 Å². The van der Waals surface area contributed by atoms with Crippen LogP contribution in [0.2, 0.25) is 0 Å². The molecule has 0 saturated heterocycles. The van der Waals surface area contributed by atoms with Gasteiger partial charge < -0.3 is 4.74 Å². The van der Waals surface area contributed by atoms with Gasteiger partial charge in [0.2, 0.25) is 5.82 Å². The van der Waals surface area contributed by atoms with Gasteiger partial charge in [-0.15, -0.1) is 0 Å². The Morgan fingerprint density at radius 3 is 2.06 bits per heavy atom. The van der Waals surface area contributed by atoms with Gasteiger partial charge in [0.05, 0.1) is 20.9 Å². The number of carbonyl (C=O) groups excluding carboxylic acids is 1. The van der Waals surface area contributed by atoms with Crippen LogP contribution in [-0.4, -0.2) is 25.5 Å². The number of hydrogen-bond donors (Lipinski definition) is 0. The maximum Gasteiger partial charge on any atom is 0.450 e. The van der Waals surface area contributed by atoms with Gasteiger partial charge in [0.25, 0.3) is 11.4 Å². The number of nitro groups is 2. The first-order valence-corrected chi connectivity index (χ1v) is 8.46. The lowest BCUT2D eigenvalue weighted by Crippen LogP contribution is -2.22. The molecule has 33 heavy (non-hydrogen) atoms. The molecule has 2 aromatic carbocycles. The molecule has 0 aliphatic rings. The van der Waals surface area contributed by atoms with E-state index in [1.807, 2.05) is 0 Å². The van der Waals surface area contributed by atoms with Crippen LogP contribution in [0, 0.1) is 20.2 Å². The molecule has 0 amide bonds. The van der Waals surface area contributed by atoms with Crippen LogP contribution in [0.5, 0.6) is 0 Å². The highest BCUT2D eigenvalue weighted by molar-refractivity contribution is 5.93. The Balaban J connectivity index is 2.10. The summed E-state index contributed by atoms with van der Waals surface area (Å²) >= 11 is 0. The van der Waals surface area contributed by atoms with E-state index < -0.39 is 63.0 Å². The van der Waals surface area contributed by atoms with Gasteiger partial charge >= 0.3 is 18.4 Å². The predicted octanol–water partition coefficient (Wildman–Crippen LogP) is 5.08. The highest BCUT2D eigenvalue weighted by Crippen LogP contribution is 2.39. The van der Waals surface area contributed by atoms with Crippen molar-refractivity contribution in [1.29, 1.82) is 0 Å². The molecule has 0 spiro atoms. The van der Waals surface area contributed by atoms with Crippen molar-refractivity contribution in [3.05, 3.63) is 73.6 Å². The molecule has 0 N–H and O–H groups in total. The third kappa shape index (κ3) is 4.68. The van der Waals surface area contributed by atoms with Crippen molar-refractivity contribution >= 4 is 28.5 Å². The Morgan fingerprint density at radius 1 is 0.970 bits per heavy atom. The van der Waals surface area contributed by atoms with Crippen LogP contribution in [0.25, 0.3) is 11.0 Å². The Kier molecular flexibility index (Phi) is 5.70. The lowest BCUT2D eigenvalue weighted by Gasteiger charge is -2.12. The first kappa shape index (κ1) is 23.4. The third-order valence-electron chi connectivity index (χ3n) is 4.21. The van der Waals surface area contributed by atoms with Crippen LogP contribution >= 0.6 is 0 Å². The number of imidazole rings is 1. The van der Waals surface area contributed by atoms with Crippen LogP contribution in [-0.2, 0) is 23.7 Å². The maximum atomic E-state index is 13.5. The topological polar surface area (TPSA) is 130 Å². The summed E-state index contributed by atoms with van der Waals surface area (Å²) in [6, 6.07) is 4.43. The molecule has 0 unspecified atom stereocenters. The molecular weight excluding hydrogens is 470 g/mol. The van der Waals surface area contributed by atoms with E-state index in [1.54, 1.807) is 0 Å². The average molecular weight is 478 g/mol. The van der Waals surface area contributed by atoms with E-state index in [4.69, 9.17) is 4.74 Å². The molecule has 0 aliphatic heterocycles. The normalized spacial score (nSPS) is 12.1. The minimum Gasteiger partial charge on any atom is -0.444 e. The average Bonchev–Trinajstić information content (AvgIpc) is 3.11. The van der Waals surface area contributed by atoms with E-state index in [2.05, 4.69) is 4.98 Å². The number of rotatable bonds is 4. The molecule has 1 heterocycles. The lowest BCUT2D eigenvalue weighted by molar-refractivity contribution is -0.384. The summed E-state index contributed by atoms with van der Waals surface area (Å²) < 4.78 is 84.2. The van der Waals surface area contributed by atoms with Gasteiger partial charge in [0.15, 0.2) is 5.52 Å². The minimum absolute atomic E-state index is 0.00202. The van der Waals surface area contributed by atoms with Crippen molar-refractivity contribution in [3.8, 4) is 0 Å². The summed E-state index contributed by atoms with van der Waals surface area (Å²) in [5.41, 5.74) is -5.54. The molecule has 0 saturated carbocycles. The number of nitro benzene ring substituents is 2. The Hall–Kier alpha value is -4.24. The molecule has 3 aromatic rings. The molecule has 10 nitrogen and oxygen atoms in total.